The summed E-state index contributed by atoms with van der Waals surface area (Å²) in [5.41, 5.74) is 7.45. The van der Waals surface area contributed by atoms with Crippen LogP contribution < -0.4 is 21.7 Å². The van der Waals surface area contributed by atoms with E-state index in [1.807, 2.05) is 60.7 Å². The van der Waals surface area contributed by atoms with E-state index in [0.29, 0.717) is 0 Å². The van der Waals surface area contributed by atoms with Crippen molar-refractivity contribution >= 4 is 29.7 Å². The number of amides is 3. The Kier molecular flexibility index (Phi) is 11.6. The summed E-state index contributed by atoms with van der Waals surface area (Å²) in [6.07, 6.45) is -0.381. The van der Waals surface area contributed by atoms with Gasteiger partial charge in [0, 0.05) is 13.0 Å². The van der Waals surface area contributed by atoms with Gasteiger partial charge in [-0.2, -0.15) is 0 Å². The fraction of sp³-hybridized carbons (Fsp3) is 0.320. The molecule has 11 heteroatoms. The van der Waals surface area contributed by atoms with E-state index in [4.69, 9.17) is 15.6 Å². The second-order valence-corrected chi connectivity index (χ2v) is 7.84. The summed E-state index contributed by atoms with van der Waals surface area (Å²) in [7, 11) is 0. The maximum Gasteiger partial charge on any atom is 0.325 e. The lowest BCUT2D eigenvalue weighted by Crippen LogP contribution is -2.44. The van der Waals surface area contributed by atoms with Crippen LogP contribution >= 0.6 is 0 Å². The monoisotopic (exact) mass is 498 g/mol. The van der Waals surface area contributed by atoms with Gasteiger partial charge in [-0.25, -0.2) is 0 Å². The zero-order valence-corrected chi connectivity index (χ0v) is 19.6. The summed E-state index contributed by atoms with van der Waals surface area (Å²) in [5.74, 6) is -3.51. The van der Waals surface area contributed by atoms with Gasteiger partial charge in [-0.15, -0.1) is 0 Å². The first-order valence-corrected chi connectivity index (χ1v) is 11.3. The van der Waals surface area contributed by atoms with Crippen molar-refractivity contribution in [1.29, 1.82) is 0 Å². The first-order chi connectivity index (χ1) is 17.3. The second-order valence-electron chi connectivity index (χ2n) is 7.84. The van der Waals surface area contributed by atoms with Gasteiger partial charge in [-0.05, 0) is 17.5 Å². The Labute approximate surface area is 208 Å². The van der Waals surface area contributed by atoms with Crippen LogP contribution in [0.3, 0.4) is 0 Å². The van der Waals surface area contributed by atoms with Crippen molar-refractivity contribution in [3.05, 3.63) is 71.8 Å². The minimum atomic E-state index is -1.09. The largest absolute Gasteiger partial charge is 0.481 e. The summed E-state index contributed by atoms with van der Waals surface area (Å²) in [6, 6.07) is 17.3. The summed E-state index contributed by atoms with van der Waals surface area (Å²) in [6.45, 7) is -0.938. The normalized spacial score (nSPS) is 11.3. The molecule has 6 N–H and O–H groups in total. The molecule has 0 fully saturated rings. The molecule has 0 saturated carbocycles. The van der Waals surface area contributed by atoms with E-state index in [0.717, 1.165) is 11.1 Å². The molecule has 11 nitrogen and oxygen atoms in total. The highest BCUT2D eigenvalue weighted by Gasteiger charge is 2.19. The molecule has 1 atom stereocenters. The molecule has 192 valence electrons. The van der Waals surface area contributed by atoms with Crippen molar-refractivity contribution in [2.75, 3.05) is 19.7 Å². The molecule has 0 aliphatic heterocycles. The highest BCUT2D eigenvalue weighted by molar-refractivity contribution is 5.87. The summed E-state index contributed by atoms with van der Waals surface area (Å²) < 4.78 is 4.95. The predicted molar refractivity (Wildman–Crippen MR) is 129 cm³/mol. The van der Waals surface area contributed by atoms with Crippen molar-refractivity contribution in [2.24, 2.45) is 5.73 Å². The van der Waals surface area contributed by atoms with Crippen LogP contribution in [0.1, 0.15) is 36.4 Å². The fourth-order valence-corrected chi connectivity index (χ4v) is 3.15. The molecule has 0 bridgehead atoms. The van der Waals surface area contributed by atoms with Crippen molar-refractivity contribution in [3.63, 3.8) is 0 Å². The Bertz CT molecular complexity index is 992. The molecular weight excluding hydrogens is 468 g/mol. The lowest BCUT2D eigenvalue weighted by atomic mass is 9.99. The number of hydrogen-bond donors (Lipinski definition) is 5. The number of carbonyl (C=O) groups excluding carboxylic acids is 4. The number of hydrogen-bond acceptors (Lipinski definition) is 7. The number of nitrogens with one attached hydrogen (secondary N) is 3. The van der Waals surface area contributed by atoms with Gasteiger partial charge in [-0.3, -0.25) is 24.0 Å². The Morgan fingerprint density at radius 3 is 1.97 bits per heavy atom. The van der Waals surface area contributed by atoms with Crippen LogP contribution in [-0.2, 0) is 28.7 Å². The third-order valence-corrected chi connectivity index (χ3v) is 5.02. The highest BCUT2D eigenvalue weighted by Crippen LogP contribution is 2.21. The Hall–Kier alpha value is -4.25. The SMILES string of the molecule is N[C@@H](CCNC(=O)CCC(=O)O)C(=O)NCC(=O)OCC(=O)NC(c1ccccc1)c1ccccc1. The van der Waals surface area contributed by atoms with E-state index in [9.17, 15) is 24.0 Å². The molecular formula is C25H30N4O7. The number of ether oxygens (including phenoxy) is 1. The third kappa shape index (κ3) is 10.3. The summed E-state index contributed by atoms with van der Waals surface area (Å²) in [5, 5.41) is 16.2. The van der Waals surface area contributed by atoms with E-state index >= 15 is 0 Å². The van der Waals surface area contributed by atoms with Crippen LogP contribution in [0.5, 0.6) is 0 Å². The van der Waals surface area contributed by atoms with Crippen molar-refractivity contribution in [1.82, 2.24) is 16.0 Å². The first-order valence-electron chi connectivity index (χ1n) is 11.3. The van der Waals surface area contributed by atoms with E-state index in [-0.39, 0.29) is 25.8 Å². The first kappa shape index (κ1) is 28.0. The van der Waals surface area contributed by atoms with Gasteiger partial charge >= 0.3 is 11.9 Å². The lowest BCUT2D eigenvalue weighted by molar-refractivity contribution is -0.148. The average molecular weight is 499 g/mol. The molecule has 0 radical (unpaired) electrons. The van der Waals surface area contributed by atoms with E-state index in [1.165, 1.54) is 0 Å². The minimum absolute atomic E-state index is 0.0711. The topological polar surface area (TPSA) is 177 Å². The van der Waals surface area contributed by atoms with Gasteiger partial charge in [0.25, 0.3) is 5.91 Å². The second kappa shape index (κ2) is 14.9. The number of nitrogens with two attached hydrogens (primary N) is 1. The van der Waals surface area contributed by atoms with Gasteiger partial charge < -0.3 is 31.5 Å². The van der Waals surface area contributed by atoms with Crippen LogP contribution in [0.4, 0.5) is 0 Å². The number of aliphatic carboxylic acids is 1. The van der Waals surface area contributed by atoms with Crippen LogP contribution in [-0.4, -0.2) is 60.5 Å². The van der Waals surface area contributed by atoms with Crippen LogP contribution in [0.25, 0.3) is 0 Å². The van der Waals surface area contributed by atoms with E-state index in [1.54, 1.807) is 0 Å². The fourth-order valence-electron chi connectivity index (χ4n) is 3.15. The molecule has 2 aromatic rings. The standard InChI is InChI=1S/C25H30N4O7/c26-19(13-14-27-20(30)11-12-22(32)33)25(35)28-15-23(34)36-16-21(31)29-24(17-7-3-1-4-8-17)18-9-5-2-6-10-18/h1-10,19,24H,11-16,26H2,(H,27,30)(H,28,35)(H,29,31)(H,32,33)/t19-/m0/s1. The van der Waals surface area contributed by atoms with Gasteiger partial charge in [0.05, 0.1) is 18.5 Å². The van der Waals surface area contributed by atoms with Gasteiger partial charge in [0.1, 0.15) is 6.54 Å². The number of carboxylic acid groups (broad SMARTS) is 1. The highest BCUT2D eigenvalue weighted by atomic mass is 16.5. The zero-order chi connectivity index (χ0) is 26.3. The lowest BCUT2D eigenvalue weighted by Gasteiger charge is -2.20. The molecule has 0 aliphatic rings. The van der Waals surface area contributed by atoms with Crippen molar-refractivity contribution in [2.45, 2.75) is 31.3 Å². The van der Waals surface area contributed by atoms with Gasteiger partial charge in [0.2, 0.25) is 11.8 Å². The van der Waals surface area contributed by atoms with Gasteiger partial charge in [0.15, 0.2) is 6.61 Å². The zero-order valence-electron chi connectivity index (χ0n) is 19.6. The van der Waals surface area contributed by atoms with Gasteiger partial charge in [-0.1, -0.05) is 60.7 Å². The number of carboxylic acids is 1. The maximum absolute atomic E-state index is 12.4. The third-order valence-electron chi connectivity index (χ3n) is 5.02. The van der Waals surface area contributed by atoms with Crippen LogP contribution in [0.2, 0.25) is 0 Å². The molecule has 0 aromatic heterocycles. The number of benzene rings is 2. The average Bonchev–Trinajstić information content (AvgIpc) is 2.88. The molecule has 2 rings (SSSR count). The molecule has 0 heterocycles. The van der Waals surface area contributed by atoms with Crippen molar-refractivity contribution in [3.8, 4) is 0 Å². The van der Waals surface area contributed by atoms with E-state index < -0.39 is 54.9 Å². The quantitative estimate of drug-likeness (QED) is 0.230. The molecule has 36 heavy (non-hydrogen) atoms. The van der Waals surface area contributed by atoms with Crippen molar-refractivity contribution < 1.29 is 33.8 Å². The number of carbonyl (C=O) groups is 5. The minimum Gasteiger partial charge on any atom is -0.481 e. The number of rotatable bonds is 14. The van der Waals surface area contributed by atoms with Crippen LogP contribution in [0.15, 0.2) is 60.7 Å². The molecule has 0 saturated heterocycles. The number of esters is 1. The molecule has 0 unspecified atom stereocenters. The molecule has 2 aromatic carbocycles. The Balaban J connectivity index is 1.72. The Morgan fingerprint density at radius 2 is 1.42 bits per heavy atom. The smallest absolute Gasteiger partial charge is 0.325 e. The Morgan fingerprint density at radius 1 is 0.833 bits per heavy atom. The predicted octanol–water partition coefficient (Wildman–Crippen LogP) is 0.250. The molecule has 3 amide bonds. The van der Waals surface area contributed by atoms with Crippen LogP contribution in [0, 0.1) is 0 Å². The summed E-state index contributed by atoms with van der Waals surface area (Å²) in [4.78, 5) is 58.3. The summed E-state index contributed by atoms with van der Waals surface area (Å²) >= 11 is 0. The molecule has 0 spiro atoms. The molecule has 0 aliphatic carbocycles. The maximum atomic E-state index is 12.4. The van der Waals surface area contributed by atoms with E-state index in [2.05, 4.69) is 16.0 Å².